The van der Waals surface area contributed by atoms with Gasteiger partial charge in [0.25, 0.3) is 8.32 Å². The monoisotopic (exact) mass is 845 g/mol. The first-order chi connectivity index (χ1) is 29.0. The molecular weight excluding hydrogens is 779 g/mol. The van der Waals surface area contributed by atoms with Gasteiger partial charge in [0.15, 0.2) is 0 Å². The highest BCUT2D eigenvalue weighted by molar-refractivity contribution is 6.99. The second-order valence-electron chi connectivity index (χ2n) is 18.4. The molecule has 2 heterocycles. The number of carbonyl (C=O) groups is 2. The van der Waals surface area contributed by atoms with E-state index in [9.17, 15) is 9.59 Å². The Kier molecular flexibility index (Phi) is 16.9. The van der Waals surface area contributed by atoms with Gasteiger partial charge in [-0.25, -0.2) is 9.59 Å². The highest BCUT2D eigenvalue weighted by atomic mass is 28.4. The third-order valence-corrected chi connectivity index (χ3v) is 16.0. The van der Waals surface area contributed by atoms with Gasteiger partial charge in [-0.3, -0.25) is 0 Å². The van der Waals surface area contributed by atoms with Crippen LogP contribution in [0.5, 0.6) is 0 Å². The molecule has 3 aromatic carbocycles. The fourth-order valence-corrected chi connectivity index (χ4v) is 12.6. The predicted octanol–water partition coefficient (Wildman–Crippen LogP) is 10.2. The maximum Gasteiger partial charge on any atom is 0.408 e. The number of alkyl carbamates (subject to hydrolysis) is 1. The summed E-state index contributed by atoms with van der Waals surface area (Å²) in [6.45, 7) is 21.1. The van der Waals surface area contributed by atoms with Gasteiger partial charge in [0.2, 0.25) is 0 Å². The molecule has 5 atom stereocenters. The van der Waals surface area contributed by atoms with Gasteiger partial charge in [-0.15, -0.1) is 0 Å². The van der Waals surface area contributed by atoms with E-state index in [0.717, 1.165) is 45.5 Å². The molecule has 0 radical (unpaired) electrons. The van der Waals surface area contributed by atoms with Crippen molar-refractivity contribution in [2.75, 3.05) is 6.61 Å². The van der Waals surface area contributed by atoms with Crippen molar-refractivity contribution in [2.24, 2.45) is 0 Å². The quantitative estimate of drug-likeness (QED) is 0.123. The maximum absolute atomic E-state index is 13.8. The normalized spacial score (nSPS) is 24.3. The number of hydrogen-bond donors (Lipinski definition) is 1. The van der Waals surface area contributed by atoms with Gasteiger partial charge in [-0.05, 0) is 86.9 Å². The van der Waals surface area contributed by atoms with Crippen LogP contribution in [-0.2, 0) is 34.8 Å². The number of hydrogen-bond acceptors (Lipinski definition) is 7. The molecule has 326 valence electrons. The first kappa shape index (κ1) is 47.2. The Bertz CT molecular complexity index is 1970. The molecule has 0 saturated carbocycles. The van der Waals surface area contributed by atoms with Crippen molar-refractivity contribution in [3.8, 4) is 0 Å². The van der Waals surface area contributed by atoms with Crippen LogP contribution in [-0.4, -0.2) is 63.0 Å². The lowest BCUT2D eigenvalue weighted by Gasteiger charge is -2.44. The smallest absolute Gasteiger partial charge is 0.408 e. The van der Waals surface area contributed by atoms with Crippen molar-refractivity contribution in [3.05, 3.63) is 156 Å². The molecule has 5 rings (SSSR count). The molecule has 2 bridgehead atoms. The fraction of sp³-hybridized carbons (Fsp3) is 0.423. The lowest BCUT2D eigenvalue weighted by Crippen LogP contribution is -2.68. The average molecular weight is 846 g/mol. The lowest BCUT2D eigenvalue weighted by atomic mass is 9.93. The summed E-state index contributed by atoms with van der Waals surface area (Å²) in [5, 5.41) is 4.95. The largest absolute Gasteiger partial charge is 0.457 e. The molecular formula is C52H67NO7Si. The average Bonchev–Trinajstić information content (AvgIpc) is 3.20. The van der Waals surface area contributed by atoms with Crippen molar-refractivity contribution in [1.29, 1.82) is 0 Å². The minimum atomic E-state index is -3.07. The summed E-state index contributed by atoms with van der Waals surface area (Å²) >= 11 is 0. The van der Waals surface area contributed by atoms with Crippen LogP contribution < -0.4 is 15.7 Å². The number of benzene rings is 3. The number of esters is 1. The van der Waals surface area contributed by atoms with Crippen LogP contribution in [0.3, 0.4) is 0 Å². The third-order valence-electron chi connectivity index (χ3n) is 11.0. The molecule has 1 fully saturated rings. The van der Waals surface area contributed by atoms with E-state index < -0.39 is 38.1 Å². The van der Waals surface area contributed by atoms with E-state index in [1.54, 1.807) is 6.08 Å². The summed E-state index contributed by atoms with van der Waals surface area (Å²) in [4.78, 5) is 27.5. The third kappa shape index (κ3) is 14.1. The molecule has 3 aromatic rings. The van der Waals surface area contributed by atoms with Crippen LogP contribution in [0.2, 0.25) is 5.04 Å². The molecule has 8 nitrogen and oxygen atoms in total. The lowest BCUT2D eigenvalue weighted by molar-refractivity contribution is -0.144. The zero-order valence-corrected chi connectivity index (χ0v) is 38.5. The SMILES string of the molecule is C=C1C[C@@H]2C/C=C/C(OCc3ccccc3)C/C(C)=C\C=C\C(=O)OC([C@H](CO[Si](c3ccccc3)(c3ccccc3)C(C)(C)C)NC(=O)OC(C)(C)C)C/C=C(\C)[C@H](C1)O2. The number of rotatable bonds is 10. The van der Waals surface area contributed by atoms with E-state index in [1.807, 2.05) is 95.3 Å². The van der Waals surface area contributed by atoms with Crippen LogP contribution in [0, 0.1) is 0 Å². The number of allylic oxidation sites excluding steroid dienone is 2. The second-order valence-corrected chi connectivity index (χ2v) is 22.7. The van der Waals surface area contributed by atoms with Gasteiger partial charge >= 0.3 is 12.1 Å². The zero-order chi connectivity index (χ0) is 44.0. The number of fused-ring (bicyclic) bond motifs is 2. The first-order valence-corrected chi connectivity index (χ1v) is 23.5. The second kappa shape index (κ2) is 21.8. The van der Waals surface area contributed by atoms with Gasteiger partial charge in [0.1, 0.15) is 11.7 Å². The minimum Gasteiger partial charge on any atom is -0.457 e. The standard InChI is InChI=1S/C52H67NO7Si/c1-38-21-19-30-49(54)59-47(32-31-40(3)48-35-39(2)34-43(58-48)25-20-24-42(33-38)56-36-41-22-13-10-14-23-41)46(53-50(55)60-51(4,5)6)37-57-61(52(7,8)9,44-26-15-11-16-27-44)45-28-17-12-18-29-45/h10-24,26-31,42-43,46-48H,2,25,32-37H2,1,3-9H3,(H,53,55)/b24-20+,30-19+,38-21-,40-31+/t42?,43-,46-,47?,48-/m0/s1. The van der Waals surface area contributed by atoms with Crippen molar-refractivity contribution >= 4 is 30.8 Å². The van der Waals surface area contributed by atoms with Crippen molar-refractivity contribution < 1.29 is 33.0 Å². The number of nitrogens with one attached hydrogen (secondary N) is 1. The van der Waals surface area contributed by atoms with E-state index in [1.165, 1.54) is 6.08 Å². The summed E-state index contributed by atoms with van der Waals surface area (Å²) in [5.41, 5.74) is 3.50. The number of amides is 1. The van der Waals surface area contributed by atoms with Gasteiger partial charge in [0.05, 0.1) is 37.6 Å². The first-order valence-electron chi connectivity index (χ1n) is 21.6. The van der Waals surface area contributed by atoms with Crippen LogP contribution in [0.1, 0.15) is 93.1 Å². The molecule has 2 aliphatic rings. The Morgan fingerprint density at radius 3 is 2.10 bits per heavy atom. The molecule has 2 unspecified atom stereocenters. The van der Waals surface area contributed by atoms with Gasteiger partial charge in [-0.2, -0.15) is 0 Å². The zero-order valence-electron chi connectivity index (χ0n) is 37.5. The number of ether oxygens (including phenoxy) is 4. The van der Waals surface area contributed by atoms with Crippen molar-refractivity contribution in [3.63, 3.8) is 0 Å². The van der Waals surface area contributed by atoms with Gasteiger partial charge < -0.3 is 28.7 Å². The Balaban J connectivity index is 1.52. The van der Waals surface area contributed by atoms with Crippen LogP contribution in [0.15, 0.2) is 151 Å². The highest BCUT2D eigenvalue weighted by Gasteiger charge is 2.51. The minimum absolute atomic E-state index is 0.0471. The van der Waals surface area contributed by atoms with E-state index in [4.69, 9.17) is 23.4 Å². The van der Waals surface area contributed by atoms with Crippen LogP contribution in [0.25, 0.3) is 0 Å². The summed E-state index contributed by atoms with van der Waals surface area (Å²) in [6.07, 6.45) is 12.6. The topological polar surface area (TPSA) is 92.3 Å². The summed E-state index contributed by atoms with van der Waals surface area (Å²) in [5.74, 6) is -0.540. The summed E-state index contributed by atoms with van der Waals surface area (Å²) in [7, 11) is -3.07. The van der Waals surface area contributed by atoms with E-state index in [2.05, 4.69) is 87.3 Å². The predicted molar refractivity (Wildman–Crippen MR) is 248 cm³/mol. The molecule has 1 N–H and O–H groups in total. The Hall–Kier alpha value is -4.80. The molecule has 9 heteroatoms. The molecule has 0 spiro atoms. The molecule has 1 amide bonds. The summed E-state index contributed by atoms with van der Waals surface area (Å²) in [6, 6.07) is 30.0. The molecule has 0 aromatic heterocycles. The Morgan fingerprint density at radius 1 is 0.869 bits per heavy atom. The van der Waals surface area contributed by atoms with Gasteiger partial charge in [-0.1, -0.05) is 160 Å². The van der Waals surface area contributed by atoms with E-state index >= 15 is 0 Å². The highest BCUT2D eigenvalue weighted by Crippen LogP contribution is 2.37. The van der Waals surface area contributed by atoms with E-state index in [-0.39, 0.29) is 30.0 Å². The molecule has 2 aliphatic heterocycles. The van der Waals surface area contributed by atoms with Crippen molar-refractivity contribution in [2.45, 2.75) is 135 Å². The Morgan fingerprint density at radius 2 is 1.49 bits per heavy atom. The number of cyclic esters (lactones) is 1. The molecule has 1 saturated heterocycles. The Labute approximate surface area is 365 Å². The van der Waals surface area contributed by atoms with Gasteiger partial charge in [0, 0.05) is 12.5 Å². The fourth-order valence-electron chi connectivity index (χ4n) is 8.02. The summed E-state index contributed by atoms with van der Waals surface area (Å²) < 4.78 is 32.6. The van der Waals surface area contributed by atoms with Crippen LogP contribution >= 0.6 is 0 Å². The molecule has 0 aliphatic carbocycles. The van der Waals surface area contributed by atoms with Crippen LogP contribution in [0.4, 0.5) is 4.79 Å². The molecule has 61 heavy (non-hydrogen) atoms. The van der Waals surface area contributed by atoms with E-state index in [0.29, 0.717) is 25.9 Å². The van der Waals surface area contributed by atoms with Crippen molar-refractivity contribution in [1.82, 2.24) is 5.32 Å². The maximum atomic E-state index is 13.8. The number of carbonyl (C=O) groups excluding carboxylic acids is 2.